The molecule has 1 N–H and O–H groups in total. The SMILES string of the molecule is CC(C)(C)NCC1CC1c1ccc(F)cc1. The van der Waals surface area contributed by atoms with E-state index in [4.69, 9.17) is 0 Å². The third-order valence-corrected chi connectivity index (χ3v) is 3.12. The van der Waals surface area contributed by atoms with Crippen molar-refractivity contribution in [3.8, 4) is 0 Å². The highest BCUT2D eigenvalue weighted by molar-refractivity contribution is 5.26. The van der Waals surface area contributed by atoms with Crippen molar-refractivity contribution in [2.24, 2.45) is 5.92 Å². The van der Waals surface area contributed by atoms with Crippen molar-refractivity contribution in [3.05, 3.63) is 35.6 Å². The van der Waals surface area contributed by atoms with E-state index in [0.717, 1.165) is 12.5 Å². The summed E-state index contributed by atoms with van der Waals surface area (Å²) in [7, 11) is 0. The van der Waals surface area contributed by atoms with Crippen molar-refractivity contribution < 1.29 is 4.39 Å². The summed E-state index contributed by atoms with van der Waals surface area (Å²) in [5, 5.41) is 3.52. The van der Waals surface area contributed by atoms with Crippen molar-refractivity contribution in [1.82, 2.24) is 5.32 Å². The molecule has 88 valence electrons. The molecule has 0 heterocycles. The van der Waals surface area contributed by atoms with Gasteiger partial charge in [0.05, 0.1) is 0 Å². The summed E-state index contributed by atoms with van der Waals surface area (Å²) in [6.07, 6.45) is 1.23. The van der Waals surface area contributed by atoms with Crippen LogP contribution in [-0.4, -0.2) is 12.1 Å². The molecule has 0 aromatic heterocycles. The van der Waals surface area contributed by atoms with E-state index < -0.39 is 0 Å². The second-order valence-corrected chi connectivity index (χ2v) is 5.78. The van der Waals surface area contributed by atoms with Gasteiger partial charge in [0.15, 0.2) is 0 Å². The highest BCUT2D eigenvalue weighted by Crippen LogP contribution is 2.47. The molecular formula is C14H20FN. The zero-order valence-electron chi connectivity index (χ0n) is 10.3. The van der Waals surface area contributed by atoms with Crippen molar-refractivity contribution in [2.75, 3.05) is 6.54 Å². The van der Waals surface area contributed by atoms with Crippen molar-refractivity contribution in [1.29, 1.82) is 0 Å². The van der Waals surface area contributed by atoms with Gasteiger partial charge in [0.25, 0.3) is 0 Å². The van der Waals surface area contributed by atoms with E-state index in [1.54, 1.807) is 12.1 Å². The number of hydrogen-bond donors (Lipinski definition) is 1. The topological polar surface area (TPSA) is 12.0 Å². The molecule has 0 amide bonds. The van der Waals surface area contributed by atoms with Crippen molar-refractivity contribution >= 4 is 0 Å². The van der Waals surface area contributed by atoms with Gasteiger partial charge < -0.3 is 5.32 Å². The molecule has 0 spiro atoms. The molecule has 16 heavy (non-hydrogen) atoms. The van der Waals surface area contributed by atoms with Crippen molar-refractivity contribution in [2.45, 2.75) is 38.6 Å². The van der Waals surface area contributed by atoms with Crippen LogP contribution in [0.25, 0.3) is 0 Å². The lowest BCUT2D eigenvalue weighted by molar-refractivity contribution is 0.414. The summed E-state index contributed by atoms with van der Waals surface area (Å²) in [6, 6.07) is 6.94. The molecule has 1 aromatic rings. The molecule has 0 bridgehead atoms. The maximum Gasteiger partial charge on any atom is 0.123 e. The van der Waals surface area contributed by atoms with Gasteiger partial charge in [-0.1, -0.05) is 12.1 Å². The molecule has 0 radical (unpaired) electrons. The van der Waals surface area contributed by atoms with Crippen LogP contribution in [0.5, 0.6) is 0 Å². The van der Waals surface area contributed by atoms with Gasteiger partial charge in [-0.3, -0.25) is 0 Å². The molecule has 2 heteroatoms. The molecule has 2 rings (SSSR count). The van der Waals surface area contributed by atoms with Crippen molar-refractivity contribution in [3.63, 3.8) is 0 Å². The lowest BCUT2D eigenvalue weighted by Gasteiger charge is -2.20. The standard InChI is InChI=1S/C14H20FN/c1-14(2,3)16-9-11-8-13(11)10-4-6-12(15)7-5-10/h4-7,11,13,16H,8-9H2,1-3H3. The van der Waals surface area contributed by atoms with Gasteiger partial charge in [-0.15, -0.1) is 0 Å². The number of rotatable bonds is 3. The van der Waals surface area contributed by atoms with Gasteiger partial charge in [-0.25, -0.2) is 4.39 Å². The Morgan fingerprint density at radius 1 is 1.25 bits per heavy atom. The zero-order valence-corrected chi connectivity index (χ0v) is 10.3. The van der Waals surface area contributed by atoms with Gasteiger partial charge in [-0.05, 0) is 63.3 Å². The first-order valence-corrected chi connectivity index (χ1v) is 5.96. The van der Waals surface area contributed by atoms with E-state index >= 15 is 0 Å². The Balaban J connectivity index is 1.85. The third-order valence-electron chi connectivity index (χ3n) is 3.12. The Morgan fingerprint density at radius 2 is 1.88 bits per heavy atom. The molecule has 0 aliphatic heterocycles. The summed E-state index contributed by atoms with van der Waals surface area (Å²) in [6.45, 7) is 7.61. The number of nitrogens with one attached hydrogen (secondary N) is 1. The second-order valence-electron chi connectivity index (χ2n) is 5.78. The summed E-state index contributed by atoms with van der Waals surface area (Å²) >= 11 is 0. The van der Waals surface area contributed by atoms with Crippen LogP contribution >= 0.6 is 0 Å². The van der Waals surface area contributed by atoms with E-state index in [9.17, 15) is 4.39 Å². The Hall–Kier alpha value is -0.890. The first-order chi connectivity index (χ1) is 7.46. The fourth-order valence-electron chi connectivity index (χ4n) is 2.03. The Morgan fingerprint density at radius 3 is 2.44 bits per heavy atom. The first-order valence-electron chi connectivity index (χ1n) is 5.96. The van der Waals surface area contributed by atoms with E-state index in [0.29, 0.717) is 5.92 Å². The normalized spacial score (nSPS) is 24.5. The van der Waals surface area contributed by atoms with Gasteiger partial charge in [0, 0.05) is 5.54 Å². The smallest absolute Gasteiger partial charge is 0.123 e. The van der Waals surface area contributed by atoms with Crippen LogP contribution in [0, 0.1) is 11.7 Å². The summed E-state index contributed by atoms with van der Waals surface area (Å²) in [5.41, 5.74) is 1.47. The lowest BCUT2D eigenvalue weighted by atomic mass is 10.1. The minimum Gasteiger partial charge on any atom is -0.312 e. The highest BCUT2D eigenvalue weighted by atomic mass is 19.1. The number of halogens is 1. The highest BCUT2D eigenvalue weighted by Gasteiger charge is 2.38. The molecule has 2 atom stereocenters. The van der Waals surface area contributed by atoms with Crippen LogP contribution in [0.2, 0.25) is 0 Å². The first kappa shape index (κ1) is 11.6. The third kappa shape index (κ3) is 3.05. The van der Waals surface area contributed by atoms with Crippen LogP contribution in [-0.2, 0) is 0 Å². The summed E-state index contributed by atoms with van der Waals surface area (Å²) in [4.78, 5) is 0. The molecule has 1 aromatic carbocycles. The predicted octanol–water partition coefficient (Wildman–Crippen LogP) is 3.32. The fraction of sp³-hybridized carbons (Fsp3) is 0.571. The molecular weight excluding hydrogens is 201 g/mol. The quantitative estimate of drug-likeness (QED) is 0.825. The average molecular weight is 221 g/mol. The van der Waals surface area contributed by atoms with Crippen LogP contribution in [0.4, 0.5) is 4.39 Å². The average Bonchev–Trinajstić information content (AvgIpc) is 2.94. The van der Waals surface area contributed by atoms with E-state index in [2.05, 4.69) is 26.1 Å². The maximum absolute atomic E-state index is 12.8. The van der Waals surface area contributed by atoms with Crippen LogP contribution in [0.15, 0.2) is 24.3 Å². The minimum absolute atomic E-state index is 0.145. The van der Waals surface area contributed by atoms with Crippen LogP contribution in [0.1, 0.15) is 38.7 Å². The Labute approximate surface area is 97.1 Å². The Bertz CT molecular complexity index is 350. The molecule has 0 saturated heterocycles. The van der Waals surface area contributed by atoms with Gasteiger partial charge in [0.2, 0.25) is 0 Å². The second kappa shape index (κ2) is 4.17. The van der Waals surface area contributed by atoms with Gasteiger partial charge >= 0.3 is 0 Å². The molecule has 1 aliphatic rings. The van der Waals surface area contributed by atoms with E-state index in [-0.39, 0.29) is 11.4 Å². The van der Waals surface area contributed by atoms with Gasteiger partial charge in [-0.2, -0.15) is 0 Å². The fourth-order valence-corrected chi connectivity index (χ4v) is 2.03. The van der Waals surface area contributed by atoms with Crippen LogP contribution in [0.3, 0.4) is 0 Å². The molecule has 2 unspecified atom stereocenters. The van der Waals surface area contributed by atoms with E-state index in [1.165, 1.54) is 12.0 Å². The largest absolute Gasteiger partial charge is 0.312 e. The predicted molar refractivity (Wildman–Crippen MR) is 65.0 cm³/mol. The monoisotopic (exact) mass is 221 g/mol. The summed E-state index contributed by atoms with van der Waals surface area (Å²) < 4.78 is 12.8. The van der Waals surface area contributed by atoms with Crippen LogP contribution < -0.4 is 5.32 Å². The van der Waals surface area contributed by atoms with E-state index in [1.807, 2.05) is 12.1 Å². The minimum atomic E-state index is -0.145. The molecule has 1 aliphatic carbocycles. The van der Waals surface area contributed by atoms with Gasteiger partial charge in [0.1, 0.15) is 5.82 Å². The number of hydrogen-bond acceptors (Lipinski definition) is 1. The summed E-state index contributed by atoms with van der Waals surface area (Å²) in [5.74, 6) is 1.22. The maximum atomic E-state index is 12.8. The lowest BCUT2D eigenvalue weighted by Crippen LogP contribution is -2.37. The molecule has 1 nitrogen and oxygen atoms in total. The Kier molecular flexibility index (Phi) is 3.02. The molecule has 1 saturated carbocycles. The molecule has 1 fully saturated rings. The number of benzene rings is 1. The zero-order chi connectivity index (χ0) is 11.8.